The fourth-order valence-corrected chi connectivity index (χ4v) is 5.23. The third-order valence-electron chi connectivity index (χ3n) is 6.63. The van der Waals surface area contributed by atoms with Crippen LogP contribution in [0.25, 0.3) is 16.6 Å². The Morgan fingerprint density at radius 1 is 1.14 bits per heavy atom. The minimum absolute atomic E-state index is 0.00397. The molecule has 37 heavy (non-hydrogen) atoms. The van der Waals surface area contributed by atoms with Crippen LogP contribution in [0.4, 0.5) is 11.5 Å². The van der Waals surface area contributed by atoms with Crippen molar-refractivity contribution >= 4 is 44.0 Å². The first-order valence-electron chi connectivity index (χ1n) is 12.1. The molecule has 1 saturated heterocycles. The lowest BCUT2D eigenvalue weighted by molar-refractivity contribution is 0.102. The summed E-state index contributed by atoms with van der Waals surface area (Å²) in [4.78, 5) is 24.6. The summed E-state index contributed by atoms with van der Waals surface area (Å²) in [6.45, 7) is 3.68. The van der Waals surface area contributed by atoms with Gasteiger partial charge >= 0.3 is 0 Å². The predicted octanol–water partition coefficient (Wildman–Crippen LogP) is 1.41. The van der Waals surface area contributed by atoms with Crippen LogP contribution in [-0.2, 0) is 23.6 Å². The van der Waals surface area contributed by atoms with Crippen molar-refractivity contribution < 1.29 is 13.2 Å². The minimum Gasteiger partial charge on any atom is -0.371 e. The number of fused-ring (bicyclic) bond motifs is 2. The van der Waals surface area contributed by atoms with E-state index < -0.39 is 10.0 Å². The number of amides is 1. The van der Waals surface area contributed by atoms with Crippen molar-refractivity contribution in [2.24, 2.45) is 7.05 Å². The average Bonchev–Trinajstić information content (AvgIpc) is 3.43. The number of benzene rings is 1. The lowest BCUT2D eigenvalue weighted by atomic mass is 10.0. The quantitative estimate of drug-likeness (QED) is 0.329. The standard InChI is InChI=1S/C24H31N9O3S/c1-15-12-33-14-21(28-23(33)19(27-15)11-26-37(4,35)36)29-24(34)17-5-6-20(18-13-31(3)30-22(17)18)32-9-7-16(25-2)8-10-32/h5-6,12-14,16,25-26H,7-11H2,1-4H3,(H,29,34). The molecule has 4 heterocycles. The van der Waals surface area contributed by atoms with E-state index >= 15 is 0 Å². The molecule has 3 aromatic heterocycles. The Balaban J connectivity index is 1.43. The number of rotatable bonds is 7. The maximum absolute atomic E-state index is 13.4. The van der Waals surface area contributed by atoms with E-state index in [-0.39, 0.29) is 12.5 Å². The van der Waals surface area contributed by atoms with Crippen molar-refractivity contribution in [3.05, 3.63) is 47.7 Å². The second-order valence-electron chi connectivity index (χ2n) is 9.48. The van der Waals surface area contributed by atoms with E-state index in [4.69, 9.17) is 0 Å². The number of carbonyl (C=O) groups is 1. The highest BCUT2D eigenvalue weighted by Gasteiger charge is 2.23. The monoisotopic (exact) mass is 525 g/mol. The summed E-state index contributed by atoms with van der Waals surface area (Å²) in [5.41, 5.74) is 3.77. The Kier molecular flexibility index (Phi) is 6.60. The van der Waals surface area contributed by atoms with Gasteiger partial charge in [-0.3, -0.25) is 14.5 Å². The highest BCUT2D eigenvalue weighted by atomic mass is 32.2. The third-order valence-corrected chi connectivity index (χ3v) is 7.30. The summed E-state index contributed by atoms with van der Waals surface area (Å²) in [5.74, 6) is 0.00772. The van der Waals surface area contributed by atoms with E-state index in [0.717, 1.165) is 43.3 Å². The Hall–Kier alpha value is -3.55. The number of hydrogen-bond donors (Lipinski definition) is 3. The molecule has 1 aliphatic heterocycles. The smallest absolute Gasteiger partial charge is 0.259 e. The van der Waals surface area contributed by atoms with Gasteiger partial charge in [-0.15, -0.1) is 0 Å². The number of aromatic nitrogens is 5. The topological polar surface area (TPSA) is 139 Å². The Bertz CT molecular complexity index is 1580. The van der Waals surface area contributed by atoms with Crippen LogP contribution in [-0.4, -0.2) is 70.9 Å². The number of hydrogen-bond acceptors (Lipinski definition) is 8. The molecule has 0 saturated carbocycles. The summed E-state index contributed by atoms with van der Waals surface area (Å²) in [5, 5.41) is 11.8. The van der Waals surface area contributed by atoms with E-state index in [9.17, 15) is 13.2 Å². The van der Waals surface area contributed by atoms with E-state index in [1.807, 2.05) is 39.3 Å². The molecule has 0 unspecified atom stereocenters. The number of anilines is 2. The van der Waals surface area contributed by atoms with Crippen molar-refractivity contribution in [2.45, 2.75) is 32.4 Å². The maximum atomic E-state index is 13.4. The molecule has 196 valence electrons. The van der Waals surface area contributed by atoms with Gasteiger partial charge in [-0.2, -0.15) is 5.10 Å². The number of nitrogens with zero attached hydrogens (tertiary/aromatic N) is 6. The largest absolute Gasteiger partial charge is 0.371 e. The molecule has 1 fully saturated rings. The van der Waals surface area contributed by atoms with Gasteiger partial charge < -0.3 is 19.9 Å². The van der Waals surface area contributed by atoms with Gasteiger partial charge in [0.1, 0.15) is 5.52 Å². The van der Waals surface area contributed by atoms with Gasteiger partial charge in [-0.05, 0) is 38.9 Å². The lowest BCUT2D eigenvalue weighted by Gasteiger charge is -2.33. The van der Waals surface area contributed by atoms with Gasteiger partial charge in [0.15, 0.2) is 11.5 Å². The molecule has 3 N–H and O–H groups in total. The molecule has 1 aliphatic rings. The Labute approximate surface area is 215 Å². The van der Waals surface area contributed by atoms with Crippen LogP contribution in [0, 0.1) is 6.92 Å². The number of nitrogens with one attached hydrogen (secondary N) is 3. The molecule has 0 bridgehead atoms. The maximum Gasteiger partial charge on any atom is 0.259 e. The molecule has 12 nitrogen and oxygen atoms in total. The van der Waals surface area contributed by atoms with Crippen molar-refractivity contribution in [1.82, 2.24) is 34.2 Å². The van der Waals surface area contributed by atoms with Gasteiger partial charge in [-0.1, -0.05) is 0 Å². The van der Waals surface area contributed by atoms with Gasteiger partial charge in [0.05, 0.1) is 35.9 Å². The molecular formula is C24H31N9O3S. The van der Waals surface area contributed by atoms with E-state index in [1.54, 1.807) is 21.5 Å². The predicted molar refractivity (Wildman–Crippen MR) is 142 cm³/mol. The normalized spacial score (nSPS) is 15.1. The van der Waals surface area contributed by atoms with Crippen LogP contribution in [0.3, 0.4) is 0 Å². The molecule has 4 aromatic rings. The second-order valence-corrected chi connectivity index (χ2v) is 11.3. The number of imidazole rings is 1. The zero-order valence-corrected chi connectivity index (χ0v) is 22.1. The van der Waals surface area contributed by atoms with Crippen molar-refractivity contribution in [1.29, 1.82) is 0 Å². The second kappa shape index (κ2) is 9.72. The molecule has 0 radical (unpaired) electrons. The molecule has 0 atom stereocenters. The number of aryl methyl sites for hydroxylation is 2. The van der Waals surface area contributed by atoms with Crippen LogP contribution in [0.15, 0.2) is 30.7 Å². The average molecular weight is 526 g/mol. The first-order valence-corrected chi connectivity index (χ1v) is 14.0. The van der Waals surface area contributed by atoms with Gasteiger partial charge in [0.2, 0.25) is 10.0 Å². The molecule has 5 rings (SSSR count). The summed E-state index contributed by atoms with van der Waals surface area (Å²) in [6.07, 6.45) is 8.61. The van der Waals surface area contributed by atoms with E-state index in [0.29, 0.717) is 40.0 Å². The zero-order chi connectivity index (χ0) is 26.3. The van der Waals surface area contributed by atoms with E-state index in [1.165, 1.54) is 0 Å². The molecule has 1 amide bonds. The Morgan fingerprint density at radius 2 is 1.89 bits per heavy atom. The molecule has 1 aromatic carbocycles. The number of piperidine rings is 1. The highest BCUT2D eigenvalue weighted by Crippen LogP contribution is 2.31. The fraction of sp³-hybridized carbons (Fsp3) is 0.417. The first-order chi connectivity index (χ1) is 17.6. The summed E-state index contributed by atoms with van der Waals surface area (Å²) in [6, 6.07) is 4.33. The van der Waals surface area contributed by atoms with Crippen LogP contribution >= 0.6 is 0 Å². The fourth-order valence-electron chi connectivity index (χ4n) is 4.83. The summed E-state index contributed by atoms with van der Waals surface area (Å²) >= 11 is 0. The summed E-state index contributed by atoms with van der Waals surface area (Å²) in [7, 11) is 0.451. The third kappa shape index (κ3) is 5.29. The number of sulfonamides is 1. The van der Waals surface area contributed by atoms with Crippen LogP contribution in [0.1, 0.15) is 34.6 Å². The van der Waals surface area contributed by atoms with Gasteiger partial charge in [0.25, 0.3) is 5.91 Å². The number of carbonyl (C=O) groups excluding carboxylic acids is 1. The summed E-state index contributed by atoms with van der Waals surface area (Å²) < 4.78 is 29.0. The van der Waals surface area contributed by atoms with Crippen molar-refractivity contribution in [3.63, 3.8) is 0 Å². The lowest BCUT2D eigenvalue weighted by Crippen LogP contribution is -2.41. The first kappa shape index (κ1) is 25.1. The van der Waals surface area contributed by atoms with E-state index in [2.05, 4.69) is 35.3 Å². The van der Waals surface area contributed by atoms with Crippen LogP contribution in [0.2, 0.25) is 0 Å². The minimum atomic E-state index is -3.40. The highest BCUT2D eigenvalue weighted by molar-refractivity contribution is 7.88. The zero-order valence-electron chi connectivity index (χ0n) is 21.3. The molecule has 0 spiro atoms. The van der Waals surface area contributed by atoms with Gasteiger partial charge in [-0.25, -0.2) is 18.1 Å². The van der Waals surface area contributed by atoms with Gasteiger partial charge in [0, 0.05) is 49.6 Å². The van der Waals surface area contributed by atoms with Crippen LogP contribution < -0.4 is 20.3 Å². The molecule has 13 heteroatoms. The molecule has 0 aliphatic carbocycles. The Morgan fingerprint density at radius 3 is 2.59 bits per heavy atom. The van der Waals surface area contributed by atoms with Crippen LogP contribution in [0.5, 0.6) is 0 Å². The SMILES string of the molecule is CNC1CCN(c2ccc(C(=O)Nc3cn4cc(C)nc(CNS(C)(=O)=O)c4n3)c3nn(C)cc23)CC1. The van der Waals surface area contributed by atoms with Crippen molar-refractivity contribution in [2.75, 3.05) is 36.6 Å². The molecular weight excluding hydrogens is 494 g/mol. The van der Waals surface area contributed by atoms with Crippen molar-refractivity contribution in [3.8, 4) is 0 Å².